The summed E-state index contributed by atoms with van der Waals surface area (Å²) < 4.78 is 1.36. The van der Waals surface area contributed by atoms with E-state index in [0.717, 1.165) is 0 Å². The van der Waals surface area contributed by atoms with E-state index in [1.807, 2.05) is 13.0 Å². The van der Waals surface area contributed by atoms with Gasteiger partial charge in [-0.15, -0.1) is 26.4 Å². The summed E-state index contributed by atoms with van der Waals surface area (Å²) in [6.45, 7) is 1.97. The van der Waals surface area contributed by atoms with Gasteiger partial charge in [0.15, 0.2) is 5.65 Å². The van der Waals surface area contributed by atoms with Crippen molar-refractivity contribution >= 4 is 23.1 Å². The summed E-state index contributed by atoms with van der Waals surface area (Å²) in [7, 11) is 0. The molecule has 74 valence electrons. The molecular weight excluding hydrogens is 204 g/mol. The van der Waals surface area contributed by atoms with Gasteiger partial charge in [0.2, 0.25) is 0 Å². The molecule has 0 aliphatic carbocycles. The van der Waals surface area contributed by atoms with Gasteiger partial charge in [-0.05, 0) is 29.5 Å². The van der Waals surface area contributed by atoms with Crippen LogP contribution in [0.2, 0.25) is 0 Å². The summed E-state index contributed by atoms with van der Waals surface area (Å²) in [5, 5.41) is 18.2. The van der Waals surface area contributed by atoms with E-state index >= 15 is 0 Å². The number of halogens is 1. The Hall–Kier alpha value is -1.43. The van der Waals surface area contributed by atoms with Crippen molar-refractivity contribution in [2.45, 2.75) is 13.0 Å². The van der Waals surface area contributed by atoms with Crippen LogP contribution in [0.15, 0.2) is 12.1 Å². The zero-order valence-corrected chi connectivity index (χ0v) is 8.31. The standard InChI is InChI=1S/C7H9ClN6/c1-5(4-8)9-6-2-3-7-10-12-13-14(7)11-6/h2-3,5H,4H2,1H3,(H,9,11). The van der Waals surface area contributed by atoms with Crippen molar-refractivity contribution in [2.24, 2.45) is 0 Å². The highest BCUT2D eigenvalue weighted by Gasteiger charge is 2.03. The monoisotopic (exact) mass is 212 g/mol. The van der Waals surface area contributed by atoms with Gasteiger partial charge in [-0.1, -0.05) is 0 Å². The second-order valence-corrected chi connectivity index (χ2v) is 3.25. The highest BCUT2D eigenvalue weighted by atomic mass is 35.5. The minimum Gasteiger partial charge on any atom is -0.365 e. The first-order valence-electron chi connectivity index (χ1n) is 4.17. The zero-order chi connectivity index (χ0) is 9.97. The van der Waals surface area contributed by atoms with Gasteiger partial charge >= 0.3 is 0 Å². The van der Waals surface area contributed by atoms with Crippen LogP contribution in [0, 0.1) is 0 Å². The molecule has 1 unspecified atom stereocenters. The fourth-order valence-electron chi connectivity index (χ4n) is 1.02. The van der Waals surface area contributed by atoms with Crippen molar-refractivity contribution in [3.63, 3.8) is 0 Å². The normalized spacial score (nSPS) is 13.0. The summed E-state index contributed by atoms with van der Waals surface area (Å²) in [5.41, 5.74) is 0.620. The van der Waals surface area contributed by atoms with Gasteiger partial charge in [0.05, 0.1) is 0 Å². The smallest absolute Gasteiger partial charge is 0.200 e. The van der Waals surface area contributed by atoms with Crippen LogP contribution >= 0.6 is 11.6 Å². The third-order valence-corrected chi connectivity index (χ3v) is 2.16. The molecule has 6 nitrogen and oxygen atoms in total. The van der Waals surface area contributed by atoms with Gasteiger partial charge in [-0.2, -0.15) is 0 Å². The molecule has 0 saturated heterocycles. The number of hydrogen-bond acceptors (Lipinski definition) is 5. The molecule has 0 aliphatic heterocycles. The largest absolute Gasteiger partial charge is 0.365 e. The summed E-state index contributed by atoms with van der Waals surface area (Å²) in [6.07, 6.45) is 0. The van der Waals surface area contributed by atoms with E-state index in [1.165, 1.54) is 4.63 Å². The van der Waals surface area contributed by atoms with Crippen LogP contribution in [0.25, 0.3) is 5.65 Å². The molecule has 0 aromatic carbocycles. The third kappa shape index (κ3) is 1.74. The van der Waals surface area contributed by atoms with Gasteiger partial charge in [0, 0.05) is 11.9 Å². The quantitative estimate of drug-likeness (QED) is 0.753. The summed E-state index contributed by atoms with van der Waals surface area (Å²) in [5.74, 6) is 1.23. The SMILES string of the molecule is CC(CCl)Nc1ccc2nnnn2n1. The van der Waals surface area contributed by atoms with E-state index in [0.29, 0.717) is 17.3 Å². The Labute approximate surface area is 85.2 Å². The fourth-order valence-corrected chi connectivity index (χ4v) is 1.09. The molecule has 0 radical (unpaired) electrons. The lowest BCUT2D eigenvalue weighted by Gasteiger charge is -2.09. The molecule has 0 aliphatic rings. The lowest BCUT2D eigenvalue weighted by atomic mass is 10.4. The molecule has 2 heterocycles. The first-order chi connectivity index (χ1) is 6.79. The Morgan fingerprint density at radius 3 is 3.21 bits per heavy atom. The summed E-state index contributed by atoms with van der Waals surface area (Å²) in [6, 6.07) is 3.77. The van der Waals surface area contributed by atoms with E-state index in [1.54, 1.807) is 6.07 Å². The first-order valence-corrected chi connectivity index (χ1v) is 4.71. The van der Waals surface area contributed by atoms with Crippen LogP contribution in [0.4, 0.5) is 5.82 Å². The molecule has 0 amide bonds. The number of rotatable bonds is 3. The Bertz CT molecular complexity index is 427. The minimum atomic E-state index is 0.165. The van der Waals surface area contributed by atoms with Crippen LogP contribution in [0.3, 0.4) is 0 Å². The van der Waals surface area contributed by atoms with Crippen molar-refractivity contribution < 1.29 is 0 Å². The number of nitrogens with one attached hydrogen (secondary N) is 1. The number of aromatic nitrogens is 5. The van der Waals surface area contributed by atoms with E-state index < -0.39 is 0 Å². The molecule has 1 N–H and O–H groups in total. The number of anilines is 1. The molecule has 7 heteroatoms. The molecule has 0 saturated carbocycles. The van der Waals surface area contributed by atoms with Crippen molar-refractivity contribution in [2.75, 3.05) is 11.2 Å². The number of tetrazole rings is 1. The van der Waals surface area contributed by atoms with Gasteiger partial charge in [-0.25, -0.2) is 0 Å². The molecule has 0 spiro atoms. The highest BCUT2D eigenvalue weighted by Crippen LogP contribution is 2.05. The van der Waals surface area contributed by atoms with E-state index in [-0.39, 0.29) is 6.04 Å². The van der Waals surface area contributed by atoms with Gasteiger partial charge in [0.25, 0.3) is 0 Å². The van der Waals surface area contributed by atoms with Crippen LogP contribution in [-0.4, -0.2) is 37.2 Å². The average molecular weight is 213 g/mol. The second kappa shape index (κ2) is 3.75. The second-order valence-electron chi connectivity index (χ2n) is 2.94. The molecule has 2 aromatic heterocycles. The highest BCUT2D eigenvalue weighted by molar-refractivity contribution is 6.18. The average Bonchev–Trinajstić information content (AvgIpc) is 2.64. The predicted octanol–water partition coefficient (Wildman–Crippen LogP) is 0.558. The molecule has 2 rings (SSSR count). The maximum absolute atomic E-state index is 5.66. The molecule has 0 fully saturated rings. The van der Waals surface area contributed by atoms with Crippen molar-refractivity contribution in [1.29, 1.82) is 0 Å². The minimum absolute atomic E-state index is 0.165. The number of nitrogens with zero attached hydrogens (tertiary/aromatic N) is 5. The third-order valence-electron chi connectivity index (χ3n) is 1.70. The van der Waals surface area contributed by atoms with E-state index in [9.17, 15) is 0 Å². The van der Waals surface area contributed by atoms with Gasteiger partial charge < -0.3 is 5.32 Å². The van der Waals surface area contributed by atoms with Gasteiger partial charge in [0.1, 0.15) is 5.82 Å². The molecule has 0 bridgehead atoms. The number of hydrogen-bond donors (Lipinski definition) is 1. The maximum atomic E-state index is 5.66. The van der Waals surface area contributed by atoms with Crippen molar-refractivity contribution in [1.82, 2.24) is 25.3 Å². The Kier molecular flexibility index (Phi) is 2.45. The van der Waals surface area contributed by atoms with Crippen LogP contribution in [0.1, 0.15) is 6.92 Å². The summed E-state index contributed by atoms with van der Waals surface area (Å²) in [4.78, 5) is 0. The maximum Gasteiger partial charge on any atom is 0.200 e. The fraction of sp³-hybridized carbons (Fsp3) is 0.429. The number of alkyl halides is 1. The zero-order valence-electron chi connectivity index (χ0n) is 7.55. The summed E-state index contributed by atoms with van der Waals surface area (Å²) >= 11 is 5.66. The van der Waals surface area contributed by atoms with Gasteiger partial charge in [-0.3, -0.25) is 0 Å². The van der Waals surface area contributed by atoms with Crippen molar-refractivity contribution in [3.05, 3.63) is 12.1 Å². The molecule has 14 heavy (non-hydrogen) atoms. The Balaban J connectivity index is 2.25. The van der Waals surface area contributed by atoms with E-state index in [2.05, 4.69) is 25.9 Å². The predicted molar refractivity (Wildman–Crippen MR) is 52.4 cm³/mol. The first kappa shape index (κ1) is 9.14. The van der Waals surface area contributed by atoms with Crippen LogP contribution < -0.4 is 5.32 Å². The van der Waals surface area contributed by atoms with E-state index in [4.69, 9.17) is 11.6 Å². The lowest BCUT2D eigenvalue weighted by Crippen LogP contribution is -2.18. The van der Waals surface area contributed by atoms with Crippen LogP contribution in [0.5, 0.6) is 0 Å². The number of fused-ring (bicyclic) bond motifs is 1. The Morgan fingerprint density at radius 2 is 2.43 bits per heavy atom. The molecule has 1 atom stereocenters. The molecular formula is C7H9ClN6. The van der Waals surface area contributed by atoms with Crippen molar-refractivity contribution in [3.8, 4) is 0 Å². The Morgan fingerprint density at radius 1 is 1.57 bits per heavy atom. The molecule has 2 aromatic rings. The van der Waals surface area contributed by atoms with Crippen LogP contribution in [-0.2, 0) is 0 Å². The lowest BCUT2D eigenvalue weighted by molar-refractivity contribution is 0.729. The topological polar surface area (TPSA) is 68.0 Å².